The van der Waals surface area contributed by atoms with Crippen LogP contribution in [0.25, 0.3) is 11.3 Å². The zero-order valence-electron chi connectivity index (χ0n) is 16.8. The average molecular weight is 417 g/mol. The number of benzene rings is 1. The zero-order valence-corrected chi connectivity index (χ0v) is 16.8. The van der Waals surface area contributed by atoms with Gasteiger partial charge in [0.2, 0.25) is 0 Å². The molecule has 31 heavy (non-hydrogen) atoms. The van der Waals surface area contributed by atoms with Crippen LogP contribution in [0.4, 0.5) is 5.82 Å². The molecule has 1 unspecified atom stereocenters. The van der Waals surface area contributed by atoms with Crippen molar-refractivity contribution < 1.29 is 9.59 Å². The topological polar surface area (TPSA) is 135 Å². The van der Waals surface area contributed by atoms with Gasteiger partial charge in [0.1, 0.15) is 0 Å². The van der Waals surface area contributed by atoms with E-state index in [-0.39, 0.29) is 29.4 Å². The molecule has 0 radical (unpaired) electrons. The summed E-state index contributed by atoms with van der Waals surface area (Å²) in [5, 5.41) is 8.99. The predicted octanol–water partition coefficient (Wildman–Crippen LogP) is 1.14. The fourth-order valence-corrected chi connectivity index (χ4v) is 3.34. The molecule has 5 N–H and O–H groups in total. The molecule has 9 nitrogen and oxygen atoms in total. The molecule has 1 saturated heterocycles. The van der Waals surface area contributed by atoms with Crippen molar-refractivity contribution in [2.45, 2.75) is 19.0 Å². The van der Waals surface area contributed by atoms with E-state index in [0.29, 0.717) is 23.4 Å². The van der Waals surface area contributed by atoms with E-state index in [1.165, 1.54) is 6.20 Å². The first-order valence-electron chi connectivity index (χ1n) is 10.0. The van der Waals surface area contributed by atoms with Gasteiger partial charge in [-0.3, -0.25) is 14.6 Å². The number of carbonyl (C=O) groups excluding carboxylic acids is 2. The van der Waals surface area contributed by atoms with Crippen molar-refractivity contribution in [3.63, 3.8) is 0 Å². The lowest BCUT2D eigenvalue weighted by atomic mass is 10.1. The molecule has 0 saturated carbocycles. The highest BCUT2D eigenvalue weighted by molar-refractivity contribution is 5.97. The monoisotopic (exact) mass is 417 g/mol. The number of nitrogen functional groups attached to an aromatic ring is 1. The number of hydrogen-bond acceptors (Lipinski definition) is 7. The Balaban J connectivity index is 1.50. The van der Waals surface area contributed by atoms with Gasteiger partial charge in [-0.25, -0.2) is 9.97 Å². The first kappa shape index (κ1) is 20.4. The van der Waals surface area contributed by atoms with Crippen LogP contribution in [0.5, 0.6) is 0 Å². The minimum absolute atomic E-state index is 0.0456. The number of carbonyl (C=O) groups is 2. The number of amides is 2. The zero-order chi connectivity index (χ0) is 21.6. The Kier molecular flexibility index (Phi) is 6.13. The van der Waals surface area contributed by atoms with Gasteiger partial charge in [0, 0.05) is 42.7 Å². The number of nitrogens with zero attached hydrogens (tertiary/aromatic N) is 3. The van der Waals surface area contributed by atoms with E-state index in [1.54, 1.807) is 36.7 Å². The van der Waals surface area contributed by atoms with E-state index in [2.05, 4.69) is 30.9 Å². The second-order valence-corrected chi connectivity index (χ2v) is 7.28. The minimum atomic E-state index is -0.356. The number of rotatable bonds is 6. The molecule has 158 valence electrons. The minimum Gasteiger partial charge on any atom is -0.382 e. The highest BCUT2D eigenvalue weighted by Crippen LogP contribution is 2.20. The lowest BCUT2D eigenvalue weighted by Crippen LogP contribution is -2.37. The second kappa shape index (κ2) is 9.31. The molecule has 1 aromatic carbocycles. The summed E-state index contributed by atoms with van der Waals surface area (Å²) in [5.41, 5.74) is 8.49. The summed E-state index contributed by atoms with van der Waals surface area (Å²) in [5.74, 6) is -0.510. The Morgan fingerprint density at radius 1 is 1.16 bits per heavy atom. The van der Waals surface area contributed by atoms with Gasteiger partial charge in [0.05, 0.1) is 11.9 Å². The van der Waals surface area contributed by atoms with Crippen LogP contribution in [0.2, 0.25) is 0 Å². The molecule has 4 rings (SSSR count). The lowest BCUT2D eigenvalue weighted by molar-refractivity contribution is 0.0932. The van der Waals surface area contributed by atoms with Gasteiger partial charge >= 0.3 is 0 Å². The maximum atomic E-state index is 12.6. The summed E-state index contributed by atoms with van der Waals surface area (Å²) < 4.78 is 0. The number of aromatic nitrogens is 3. The Morgan fingerprint density at radius 2 is 2.06 bits per heavy atom. The molecule has 3 aromatic rings. The highest BCUT2D eigenvalue weighted by Gasteiger charge is 2.21. The Morgan fingerprint density at radius 3 is 2.84 bits per heavy atom. The van der Waals surface area contributed by atoms with Crippen LogP contribution in [0.3, 0.4) is 0 Å². The molecule has 0 aliphatic carbocycles. The molecule has 9 heteroatoms. The van der Waals surface area contributed by atoms with E-state index < -0.39 is 0 Å². The number of nitrogens with one attached hydrogen (secondary N) is 3. The summed E-state index contributed by atoms with van der Waals surface area (Å²) >= 11 is 0. The van der Waals surface area contributed by atoms with E-state index in [0.717, 1.165) is 25.1 Å². The molecule has 0 spiro atoms. The number of pyridine rings is 1. The number of hydrogen-bond donors (Lipinski definition) is 4. The average Bonchev–Trinajstić information content (AvgIpc) is 3.31. The van der Waals surface area contributed by atoms with Gasteiger partial charge in [-0.2, -0.15) is 0 Å². The standard InChI is InChI=1S/C22H23N7O2/c23-20-19(22(31)28-17-6-8-25-12-17)29-18(13-26-20)15-4-1-5-16(9-15)21(30)27-11-14-3-2-7-24-10-14/h1-5,7,9-10,13,17,25H,6,8,11-12H2,(H2,23,26)(H,27,30)(H,28,31). The van der Waals surface area contributed by atoms with Gasteiger partial charge < -0.3 is 21.7 Å². The maximum Gasteiger partial charge on any atom is 0.274 e. The van der Waals surface area contributed by atoms with Gasteiger partial charge in [-0.15, -0.1) is 0 Å². The number of nitrogens with two attached hydrogens (primary N) is 1. The van der Waals surface area contributed by atoms with Crippen LogP contribution in [0.1, 0.15) is 32.8 Å². The van der Waals surface area contributed by atoms with Gasteiger partial charge in [-0.05, 0) is 36.7 Å². The van der Waals surface area contributed by atoms with Crippen molar-refractivity contribution in [2.75, 3.05) is 18.8 Å². The van der Waals surface area contributed by atoms with Crippen LogP contribution in [-0.4, -0.2) is 45.9 Å². The third-order valence-electron chi connectivity index (χ3n) is 5.01. The molecule has 1 fully saturated rings. The number of anilines is 1. The molecule has 3 heterocycles. The SMILES string of the molecule is Nc1ncc(-c2cccc(C(=O)NCc3cccnc3)c2)nc1C(=O)NC1CCNC1. The molecular formula is C22H23N7O2. The van der Waals surface area contributed by atoms with Gasteiger partial charge in [0.15, 0.2) is 11.5 Å². The summed E-state index contributed by atoms with van der Waals surface area (Å²) in [6.45, 7) is 1.95. The Bertz CT molecular complexity index is 1080. The van der Waals surface area contributed by atoms with Crippen molar-refractivity contribution in [1.82, 2.24) is 30.9 Å². The Hall–Kier alpha value is -3.85. The normalized spacial score (nSPS) is 15.4. The molecule has 2 amide bonds. The largest absolute Gasteiger partial charge is 0.382 e. The van der Waals surface area contributed by atoms with Crippen LogP contribution in [-0.2, 0) is 6.54 Å². The third-order valence-corrected chi connectivity index (χ3v) is 5.01. The smallest absolute Gasteiger partial charge is 0.274 e. The molecule has 1 aliphatic heterocycles. The molecule has 0 bridgehead atoms. The van der Waals surface area contributed by atoms with Crippen LogP contribution in [0, 0.1) is 0 Å². The molecule has 1 atom stereocenters. The predicted molar refractivity (Wildman–Crippen MR) is 116 cm³/mol. The summed E-state index contributed by atoms with van der Waals surface area (Å²) in [6.07, 6.45) is 5.74. The fourth-order valence-electron chi connectivity index (χ4n) is 3.34. The van der Waals surface area contributed by atoms with E-state index in [1.807, 2.05) is 12.1 Å². The van der Waals surface area contributed by atoms with Crippen molar-refractivity contribution in [1.29, 1.82) is 0 Å². The van der Waals surface area contributed by atoms with Crippen LogP contribution >= 0.6 is 0 Å². The van der Waals surface area contributed by atoms with Crippen LogP contribution < -0.4 is 21.7 Å². The van der Waals surface area contributed by atoms with E-state index in [4.69, 9.17) is 5.73 Å². The van der Waals surface area contributed by atoms with E-state index in [9.17, 15) is 9.59 Å². The third kappa shape index (κ3) is 5.01. The molecule has 2 aromatic heterocycles. The fraction of sp³-hybridized carbons (Fsp3) is 0.227. The Labute approximate surface area is 179 Å². The lowest BCUT2D eigenvalue weighted by Gasteiger charge is -2.12. The maximum absolute atomic E-state index is 12.6. The van der Waals surface area contributed by atoms with Gasteiger partial charge in [-0.1, -0.05) is 18.2 Å². The highest BCUT2D eigenvalue weighted by atomic mass is 16.2. The van der Waals surface area contributed by atoms with Crippen molar-refractivity contribution in [2.24, 2.45) is 0 Å². The van der Waals surface area contributed by atoms with E-state index >= 15 is 0 Å². The van der Waals surface area contributed by atoms with Crippen molar-refractivity contribution in [3.8, 4) is 11.3 Å². The summed E-state index contributed by atoms with van der Waals surface area (Å²) in [6, 6.07) is 10.7. The molecular weight excluding hydrogens is 394 g/mol. The first-order valence-corrected chi connectivity index (χ1v) is 10.0. The van der Waals surface area contributed by atoms with Crippen molar-refractivity contribution in [3.05, 3.63) is 71.8 Å². The van der Waals surface area contributed by atoms with Gasteiger partial charge in [0.25, 0.3) is 11.8 Å². The molecule has 1 aliphatic rings. The first-order chi connectivity index (χ1) is 15.1. The van der Waals surface area contributed by atoms with Crippen LogP contribution in [0.15, 0.2) is 55.0 Å². The summed E-state index contributed by atoms with van der Waals surface area (Å²) in [4.78, 5) is 37.8. The second-order valence-electron chi connectivity index (χ2n) is 7.28. The quantitative estimate of drug-likeness (QED) is 0.472. The van der Waals surface area contributed by atoms with Crippen molar-refractivity contribution >= 4 is 17.6 Å². The summed E-state index contributed by atoms with van der Waals surface area (Å²) in [7, 11) is 0.